The topological polar surface area (TPSA) is 32.3 Å². The highest BCUT2D eigenvalue weighted by Gasteiger charge is 2.22. The molecule has 5 heteroatoms. The maximum atomic E-state index is 10.3. The molecule has 0 aliphatic carbocycles. The van der Waals surface area contributed by atoms with Crippen LogP contribution in [0.2, 0.25) is 4.34 Å². The zero-order chi connectivity index (χ0) is 12.3. The van der Waals surface area contributed by atoms with Gasteiger partial charge < -0.3 is 10.4 Å². The third-order valence-electron chi connectivity index (χ3n) is 2.54. The lowest BCUT2D eigenvalue weighted by Gasteiger charge is -2.22. The molecule has 0 spiro atoms. The van der Waals surface area contributed by atoms with E-state index in [0.29, 0.717) is 6.54 Å². The largest absolute Gasteiger partial charge is 0.384 e. The summed E-state index contributed by atoms with van der Waals surface area (Å²) in [6, 6.07) is 5.84. The Morgan fingerprint density at radius 2 is 2.24 bits per heavy atom. The van der Waals surface area contributed by atoms with E-state index >= 15 is 0 Å². The van der Waals surface area contributed by atoms with E-state index in [0.717, 1.165) is 16.4 Å². The Morgan fingerprint density at radius 1 is 1.41 bits per heavy atom. The third-order valence-corrected chi connectivity index (χ3v) is 4.45. The molecule has 0 aromatic carbocycles. The van der Waals surface area contributed by atoms with Crippen LogP contribution in [0.1, 0.15) is 17.4 Å². The average molecular weight is 288 g/mol. The van der Waals surface area contributed by atoms with E-state index in [1.165, 1.54) is 4.88 Å². The summed E-state index contributed by atoms with van der Waals surface area (Å²) in [6.45, 7) is 3.08. The van der Waals surface area contributed by atoms with Gasteiger partial charge in [-0.2, -0.15) is 11.3 Å². The first kappa shape index (κ1) is 13.1. The number of halogens is 1. The van der Waals surface area contributed by atoms with Crippen LogP contribution in [0.25, 0.3) is 0 Å². The lowest BCUT2D eigenvalue weighted by Crippen LogP contribution is -2.34. The predicted octanol–water partition coefficient (Wildman–Crippen LogP) is 3.46. The smallest absolute Gasteiger partial charge is 0.1000 e. The lowest BCUT2D eigenvalue weighted by molar-refractivity contribution is 0.0572. The zero-order valence-electron chi connectivity index (χ0n) is 9.44. The average Bonchev–Trinajstić information content (AvgIpc) is 2.89. The van der Waals surface area contributed by atoms with Gasteiger partial charge in [0.25, 0.3) is 0 Å². The van der Waals surface area contributed by atoms with Gasteiger partial charge in [0.1, 0.15) is 0 Å². The van der Waals surface area contributed by atoms with E-state index in [1.807, 2.05) is 35.9 Å². The van der Waals surface area contributed by atoms with E-state index in [-0.39, 0.29) is 0 Å². The minimum absolute atomic E-state index is 0.527. The number of hydrogen-bond acceptors (Lipinski definition) is 4. The molecule has 2 aromatic rings. The molecule has 0 saturated carbocycles. The Labute approximate surface area is 114 Å². The molecule has 1 atom stereocenters. The second-order valence-corrected chi connectivity index (χ2v) is 6.67. The predicted molar refractivity (Wildman–Crippen MR) is 74.9 cm³/mol. The summed E-state index contributed by atoms with van der Waals surface area (Å²) in [5.74, 6) is 0. The minimum atomic E-state index is -0.818. The van der Waals surface area contributed by atoms with Gasteiger partial charge >= 0.3 is 0 Å². The molecule has 2 heterocycles. The fourth-order valence-corrected chi connectivity index (χ4v) is 3.39. The summed E-state index contributed by atoms with van der Waals surface area (Å²) in [4.78, 5) is 1.18. The highest BCUT2D eigenvalue weighted by atomic mass is 35.5. The molecule has 0 saturated heterocycles. The van der Waals surface area contributed by atoms with E-state index in [4.69, 9.17) is 11.6 Å². The molecule has 92 valence electrons. The number of rotatable bonds is 5. The van der Waals surface area contributed by atoms with Crippen LogP contribution >= 0.6 is 34.3 Å². The standard InChI is InChI=1S/C12H14ClNOS2/c1-12(15,9-4-5-16-7-9)8-14-6-10-2-3-11(13)17-10/h2-5,7,14-15H,6,8H2,1H3. The number of thiophene rings is 2. The van der Waals surface area contributed by atoms with E-state index in [2.05, 4.69) is 5.32 Å². The van der Waals surface area contributed by atoms with Crippen LogP contribution in [-0.2, 0) is 12.1 Å². The van der Waals surface area contributed by atoms with Gasteiger partial charge in [0.15, 0.2) is 0 Å². The van der Waals surface area contributed by atoms with Crippen molar-refractivity contribution in [3.05, 3.63) is 43.7 Å². The number of nitrogens with one attached hydrogen (secondary N) is 1. The summed E-state index contributed by atoms with van der Waals surface area (Å²) in [7, 11) is 0. The van der Waals surface area contributed by atoms with Gasteiger partial charge in [0.2, 0.25) is 0 Å². The van der Waals surface area contributed by atoms with Gasteiger partial charge in [-0.25, -0.2) is 0 Å². The molecule has 2 N–H and O–H groups in total. The van der Waals surface area contributed by atoms with Gasteiger partial charge in [-0.1, -0.05) is 11.6 Å². The maximum Gasteiger partial charge on any atom is 0.1000 e. The molecule has 1 unspecified atom stereocenters. The first-order valence-corrected chi connectivity index (χ1v) is 7.42. The highest BCUT2D eigenvalue weighted by Crippen LogP contribution is 2.23. The van der Waals surface area contributed by atoms with Gasteiger partial charge in [-0.15, -0.1) is 11.3 Å². The Hall–Kier alpha value is -0.390. The maximum absolute atomic E-state index is 10.3. The first-order chi connectivity index (χ1) is 8.08. The highest BCUT2D eigenvalue weighted by molar-refractivity contribution is 7.16. The van der Waals surface area contributed by atoms with Crippen LogP contribution in [0.5, 0.6) is 0 Å². The number of aliphatic hydroxyl groups is 1. The second kappa shape index (κ2) is 5.50. The van der Waals surface area contributed by atoms with Gasteiger partial charge in [0.05, 0.1) is 9.94 Å². The quantitative estimate of drug-likeness (QED) is 0.883. The van der Waals surface area contributed by atoms with Gasteiger partial charge in [-0.05, 0) is 41.4 Å². The van der Waals surface area contributed by atoms with Crippen LogP contribution in [0, 0.1) is 0 Å². The normalized spacial score (nSPS) is 14.8. The van der Waals surface area contributed by atoms with Crippen molar-refractivity contribution < 1.29 is 5.11 Å². The number of hydrogen-bond donors (Lipinski definition) is 2. The lowest BCUT2D eigenvalue weighted by atomic mass is 9.99. The summed E-state index contributed by atoms with van der Waals surface area (Å²) >= 11 is 9.01. The molecule has 0 radical (unpaired) electrons. The Balaban J connectivity index is 1.86. The van der Waals surface area contributed by atoms with Crippen molar-refractivity contribution in [3.63, 3.8) is 0 Å². The molecule has 0 aliphatic heterocycles. The Morgan fingerprint density at radius 3 is 2.82 bits per heavy atom. The molecule has 0 bridgehead atoms. The van der Waals surface area contributed by atoms with Crippen molar-refractivity contribution in [1.29, 1.82) is 0 Å². The van der Waals surface area contributed by atoms with Gasteiger partial charge in [0, 0.05) is 18.0 Å². The summed E-state index contributed by atoms with van der Waals surface area (Å²) < 4.78 is 0.798. The molecule has 0 aliphatic rings. The van der Waals surface area contributed by atoms with Crippen LogP contribution < -0.4 is 5.32 Å². The molecule has 2 nitrogen and oxygen atoms in total. The molecule has 0 fully saturated rings. The second-order valence-electron chi connectivity index (χ2n) is 4.10. The molecule has 2 rings (SSSR count). The Bertz CT molecular complexity index is 465. The van der Waals surface area contributed by atoms with Crippen molar-refractivity contribution >= 4 is 34.3 Å². The van der Waals surface area contributed by atoms with Crippen molar-refractivity contribution in [2.75, 3.05) is 6.54 Å². The fraction of sp³-hybridized carbons (Fsp3) is 0.333. The van der Waals surface area contributed by atoms with Crippen LogP contribution in [0.3, 0.4) is 0 Å². The summed E-state index contributed by atoms with van der Waals surface area (Å²) in [5.41, 5.74) is 0.139. The molecule has 17 heavy (non-hydrogen) atoms. The molecule has 2 aromatic heterocycles. The SMILES string of the molecule is CC(O)(CNCc1ccc(Cl)s1)c1ccsc1. The van der Waals surface area contributed by atoms with Gasteiger partial charge in [-0.3, -0.25) is 0 Å². The van der Waals surface area contributed by atoms with E-state index < -0.39 is 5.60 Å². The minimum Gasteiger partial charge on any atom is -0.384 e. The first-order valence-electron chi connectivity index (χ1n) is 5.28. The molecular formula is C12H14ClNOS2. The summed E-state index contributed by atoms with van der Waals surface area (Å²) in [5, 5.41) is 17.5. The van der Waals surface area contributed by atoms with Crippen molar-refractivity contribution in [1.82, 2.24) is 5.32 Å². The molecule has 0 amide bonds. The van der Waals surface area contributed by atoms with Crippen molar-refractivity contribution in [2.45, 2.75) is 19.1 Å². The monoisotopic (exact) mass is 287 g/mol. The third kappa shape index (κ3) is 3.53. The summed E-state index contributed by atoms with van der Waals surface area (Å²) in [6.07, 6.45) is 0. The fourth-order valence-electron chi connectivity index (χ4n) is 1.55. The van der Waals surface area contributed by atoms with Crippen LogP contribution in [0.4, 0.5) is 0 Å². The molecular weight excluding hydrogens is 274 g/mol. The van der Waals surface area contributed by atoms with Crippen molar-refractivity contribution in [3.8, 4) is 0 Å². The van der Waals surface area contributed by atoms with E-state index in [9.17, 15) is 5.11 Å². The van der Waals surface area contributed by atoms with Crippen LogP contribution in [-0.4, -0.2) is 11.7 Å². The van der Waals surface area contributed by atoms with E-state index in [1.54, 1.807) is 22.7 Å². The van der Waals surface area contributed by atoms with Crippen molar-refractivity contribution in [2.24, 2.45) is 0 Å². The Kier molecular flexibility index (Phi) is 4.22. The zero-order valence-corrected chi connectivity index (χ0v) is 11.8. The van der Waals surface area contributed by atoms with Crippen LogP contribution in [0.15, 0.2) is 29.0 Å².